The van der Waals surface area contributed by atoms with E-state index in [1.54, 1.807) is 0 Å². The van der Waals surface area contributed by atoms with E-state index in [9.17, 15) is 0 Å². The summed E-state index contributed by atoms with van der Waals surface area (Å²) >= 11 is 0. The molecule has 0 aliphatic heterocycles. The summed E-state index contributed by atoms with van der Waals surface area (Å²) in [5.41, 5.74) is 1.19. The van der Waals surface area contributed by atoms with E-state index >= 15 is 0 Å². The predicted molar refractivity (Wildman–Crippen MR) is 83.3 cm³/mol. The zero-order valence-corrected chi connectivity index (χ0v) is 12.3. The number of nitrogens with zero attached hydrogens (tertiary/aromatic N) is 1. The monoisotopic (exact) mass is 279 g/mol. The third kappa shape index (κ3) is 1.96. The first kappa shape index (κ1) is 12.0. The largest absolute Gasteiger partial charge is 0.487 e. The van der Waals surface area contributed by atoms with Crippen molar-refractivity contribution in [3.8, 4) is 5.75 Å². The average molecular weight is 279 g/mol. The van der Waals surface area contributed by atoms with Gasteiger partial charge in [-0.2, -0.15) is 0 Å². The molecule has 0 spiro atoms. The van der Waals surface area contributed by atoms with Crippen LogP contribution in [0.25, 0.3) is 10.9 Å². The summed E-state index contributed by atoms with van der Waals surface area (Å²) in [7, 11) is 0. The molecule has 1 heterocycles. The fourth-order valence-corrected chi connectivity index (χ4v) is 5.52. The van der Waals surface area contributed by atoms with Crippen LogP contribution in [0.1, 0.15) is 38.5 Å². The van der Waals surface area contributed by atoms with E-state index in [0.717, 1.165) is 29.0 Å². The number of benzene rings is 1. The quantitative estimate of drug-likeness (QED) is 0.802. The molecule has 6 rings (SSSR count). The lowest BCUT2D eigenvalue weighted by Gasteiger charge is -2.56. The van der Waals surface area contributed by atoms with Crippen molar-refractivity contribution in [2.24, 2.45) is 17.8 Å². The van der Waals surface area contributed by atoms with Gasteiger partial charge in [-0.3, -0.25) is 4.98 Å². The maximum Gasteiger partial charge on any atom is 0.120 e. The highest BCUT2D eigenvalue weighted by atomic mass is 16.5. The van der Waals surface area contributed by atoms with E-state index in [1.165, 1.54) is 43.9 Å². The van der Waals surface area contributed by atoms with Gasteiger partial charge in [0.15, 0.2) is 0 Å². The molecule has 4 aliphatic carbocycles. The van der Waals surface area contributed by atoms with Crippen LogP contribution in [0.3, 0.4) is 0 Å². The van der Waals surface area contributed by atoms with Gasteiger partial charge in [0, 0.05) is 11.6 Å². The Morgan fingerprint density at radius 1 is 0.952 bits per heavy atom. The van der Waals surface area contributed by atoms with Gasteiger partial charge in [0.2, 0.25) is 0 Å². The Morgan fingerprint density at radius 3 is 2.38 bits per heavy atom. The summed E-state index contributed by atoms with van der Waals surface area (Å²) in [6, 6.07) is 10.5. The van der Waals surface area contributed by atoms with E-state index in [2.05, 4.69) is 29.2 Å². The van der Waals surface area contributed by atoms with Crippen LogP contribution in [0.5, 0.6) is 5.75 Å². The van der Waals surface area contributed by atoms with E-state index in [-0.39, 0.29) is 5.60 Å². The van der Waals surface area contributed by atoms with Gasteiger partial charge >= 0.3 is 0 Å². The highest BCUT2D eigenvalue weighted by Gasteiger charge is 2.52. The summed E-state index contributed by atoms with van der Waals surface area (Å²) in [5, 5.41) is 1.18. The Kier molecular flexibility index (Phi) is 2.42. The van der Waals surface area contributed by atoms with Crippen LogP contribution in [0.15, 0.2) is 36.5 Å². The van der Waals surface area contributed by atoms with E-state index in [0.29, 0.717) is 0 Å². The molecule has 4 fully saturated rings. The topological polar surface area (TPSA) is 22.1 Å². The van der Waals surface area contributed by atoms with Crippen LogP contribution in [-0.2, 0) is 0 Å². The van der Waals surface area contributed by atoms with Gasteiger partial charge < -0.3 is 4.74 Å². The van der Waals surface area contributed by atoms with Crippen molar-refractivity contribution in [1.29, 1.82) is 0 Å². The highest BCUT2D eigenvalue weighted by Crippen LogP contribution is 2.57. The van der Waals surface area contributed by atoms with Gasteiger partial charge in [0.25, 0.3) is 0 Å². The Hall–Kier alpha value is -1.57. The molecule has 21 heavy (non-hydrogen) atoms. The zero-order chi connectivity index (χ0) is 13.9. The summed E-state index contributed by atoms with van der Waals surface area (Å²) in [6.07, 6.45) is 10.1. The second-order valence-corrected chi connectivity index (χ2v) is 7.56. The van der Waals surface area contributed by atoms with Crippen LogP contribution < -0.4 is 4.74 Å². The first-order valence-corrected chi connectivity index (χ1v) is 8.32. The molecule has 2 nitrogen and oxygen atoms in total. The maximum absolute atomic E-state index is 6.59. The molecule has 0 N–H and O–H groups in total. The van der Waals surface area contributed by atoms with Gasteiger partial charge in [0.1, 0.15) is 11.4 Å². The van der Waals surface area contributed by atoms with Crippen molar-refractivity contribution in [2.45, 2.75) is 44.1 Å². The molecule has 2 heteroatoms. The van der Waals surface area contributed by atoms with Crippen LogP contribution in [0.2, 0.25) is 0 Å². The number of aromatic nitrogens is 1. The fraction of sp³-hybridized carbons (Fsp3) is 0.526. The van der Waals surface area contributed by atoms with Crippen molar-refractivity contribution in [3.63, 3.8) is 0 Å². The highest BCUT2D eigenvalue weighted by molar-refractivity contribution is 5.79. The van der Waals surface area contributed by atoms with Crippen LogP contribution in [0.4, 0.5) is 0 Å². The molecule has 0 saturated heterocycles. The van der Waals surface area contributed by atoms with Gasteiger partial charge in [-0.05, 0) is 80.5 Å². The van der Waals surface area contributed by atoms with E-state index in [1.807, 2.05) is 12.3 Å². The smallest absolute Gasteiger partial charge is 0.120 e. The molecular weight excluding hydrogens is 258 g/mol. The number of hydrogen-bond acceptors (Lipinski definition) is 2. The second kappa shape index (κ2) is 4.22. The lowest BCUT2D eigenvalue weighted by molar-refractivity contribution is -0.107. The van der Waals surface area contributed by atoms with Gasteiger partial charge in [-0.1, -0.05) is 6.07 Å². The third-order valence-electron chi connectivity index (χ3n) is 5.89. The molecule has 1 aromatic carbocycles. The summed E-state index contributed by atoms with van der Waals surface area (Å²) < 4.78 is 6.59. The second-order valence-electron chi connectivity index (χ2n) is 7.56. The standard InChI is InChI=1S/C19H21NO/c1-2-16-9-17(3-4-18(16)20-5-1)21-19-10-13-6-14(11-19)8-15(7-13)12-19/h1-5,9,13-15H,6-8,10-12H2. The van der Waals surface area contributed by atoms with E-state index < -0.39 is 0 Å². The van der Waals surface area contributed by atoms with Crippen LogP contribution in [-0.4, -0.2) is 10.6 Å². The molecule has 0 atom stereocenters. The van der Waals surface area contributed by atoms with Crippen molar-refractivity contribution < 1.29 is 4.74 Å². The molecule has 4 bridgehead atoms. The Bertz CT molecular complexity index is 657. The first-order chi connectivity index (χ1) is 10.3. The molecule has 2 aromatic rings. The molecular formula is C19H21NO. The molecule has 4 saturated carbocycles. The van der Waals surface area contributed by atoms with Crippen LogP contribution >= 0.6 is 0 Å². The number of pyridine rings is 1. The summed E-state index contributed by atoms with van der Waals surface area (Å²) in [5.74, 6) is 3.83. The Morgan fingerprint density at radius 2 is 1.67 bits per heavy atom. The van der Waals surface area contributed by atoms with Crippen molar-refractivity contribution in [3.05, 3.63) is 36.5 Å². The minimum atomic E-state index is 0.143. The minimum absolute atomic E-state index is 0.143. The van der Waals surface area contributed by atoms with Crippen molar-refractivity contribution >= 4 is 10.9 Å². The Balaban J connectivity index is 1.48. The SMILES string of the molecule is c1cnc2ccc(OC34CC5CC(CC(C5)C3)C4)cc2c1. The molecule has 108 valence electrons. The molecule has 0 radical (unpaired) electrons. The van der Waals surface area contributed by atoms with Gasteiger partial charge in [0.05, 0.1) is 5.52 Å². The van der Waals surface area contributed by atoms with Gasteiger partial charge in [-0.15, -0.1) is 0 Å². The van der Waals surface area contributed by atoms with Crippen molar-refractivity contribution in [1.82, 2.24) is 4.98 Å². The normalized spacial score (nSPS) is 37.0. The number of fused-ring (bicyclic) bond motifs is 1. The fourth-order valence-electron chi connectivity index (χ4n) is 5.52. The van der Waals surface area contributed by atoms with E-state index in [4.69, 9.17) is 4.74 Å². The van der Waals surface area contributed by atoms with Gasteiger partial charge in [-0.25, -0.2) is 0 Å². The van der Waals surface area contributed by atoms with Crippen LogP contribution in [0, 0.1) is 17.8 Å². The first-order valence-electron chi connectivity index (χ1n) is 8.32. The minimum Gasteiger partial charge on any atom is -0.487 e. The third-order valence-corrected chi connectivity index (χ3v) is 5.89. The maximum atomic E-state index is 6.59. The number of ether oxygens (including phenoxy) is 1. The molecule has 4 aliphatic rings. The lowest BCUT2D eigenvalue weighted by atomic mass is 9.54. The summed E-state index contributed by atoms with van der Waals surface area (Å²) in [6.45, 7) is 0. The lowest BCUT2D eigenvalue weighted by Crippen LogP contribution is -2.53. The van der Waals surface area contributed by atoms with Crippen molar-refractivity contribution in [2.75, 3.05) is 0 Å². The predicted octanol–water partition coefficient (Wildman–Crippen LogP) is 4.58. The summed E-state index contributed by atoms with van der Waals surface area (Å²) in [4.78, 5) is 4.39. The Labute approximate surface area is 125 Å². The average Bonchev–Trinajstić information content (AvgIpc) is 2.45. The molecule has 0 unspecified atom stereocenters. The molecule has 1 aromatic heterocycles. The molecule has 0 amide bonds. The number of hydrogen-bond donors (Lipinski definition) is 0. The zero-order valence-electron chi connectivity index (χ0n) is 12.3. The number of rotatable bonds is 2.